The van der Waals surface area contributed by atoms with Gasteiger partial charge in [-0.3, -0.25) is 4.79 Å². The Morgan fingerprint density at radius 1 is 1.71 bits per heavy atom. The third kappa shape index (κ3) is 4.04. The highest BCUT2D eigenvalue weighted by atomic mass is 16.1. The number of amides is 1. The summed E-state index contributed by atoms with van der Waals surface area (Å²) in [5.74, 6) is -0.355. The number of carbonyl (C=O) groups excluding carboxylic acids is 1. The van der Waals surface area contributed by atoms with E-state index in [2.05, 4.69) is 15.3 Å². The first-order chi connectivity index (χ1) is 6.74. The standard InChI is InChI=1S/C7H12N4O.C2H6/c1-9-6(7(8)12)2-5-3-10-4-11-5;1-2/h3-4,6,9H,2H2,1H3,(H2,8,12)(H,10,11);1-2H3. The van der Waals surface area contributed by atoms with Crippen molar-refractivity contribution in [1.82, 2.24) is 15.3 Å². The van der Waals surface area contributed by atoms with Gasteiger partial charge in [0.2, 0.25) is 5.91 Å². The molecule has 1 unspecified atom stereocenters. The van der Waals surface area contributed by atoms with Crippen LogP contribution in [0.5, 0.6) is 0 Å². The highest BCUT2D eigenvalue weighted by Gasteiger charge is 2.13. The molecular formula is C9H18N4O. The number of likely N-dealkylation sites (N-methyl/N-ethyl adjacent to an activating group) is 1. The largest absolute Gasteiger partial charge is 0.368 e. The van der Waals surface area contributed by atoms with E-state index in [0.717, 1.165) is 5.69 Å². The third-order valence-corrected chi connectivity index (χ3v) is 1.67. The molecule has 80 valence electrons. The summed E-state index contributed by atoms with van der Waals surface area (Å²) in [6, 6.07) is -0.328. The smallest absolute Gasteiger partial charge is 0.234 e. The molecule has 1 rings (SSSR count). The first-order valence-corrected chi connectivity index (χ1v) is 4.68. The van der Waals surface area contributed by atoms with Gasteiger partial charge in [-0.15, -0.1) is 0 Å². The Morgan fingerprint density at radius 3 is 2.71 bits per heavy atom. The predicted octanol–water partition coefficient (Wildman–Crippen LogP) is 0.0517. The Hall–Kier alpha value is -1.36. The summed E-state index contributed by atoms with van der Waals surface area (Å²) >= 11 is 0. The Labute approximate surface area is 84.1 Å². The van der Waals surface area contributed by atoms with Gasteiger partial charge in [-0.25, -0.2) is 4.98 Å². The number of aromatic amines is 1. The first kappa shape index (κ1) is 12.6. The van der Waals surface area contributed by atoms with E-state index in [1.54, 1.807) is 19.6 Å². The number of rotatable bonds is 4. The fourth-order valence-corrected chi connectivity index (χ4v) is 0.961. The maximum atomic E-state index is 10.8. The van der Waals surface area contributed by atoms with Crippen molar-refractivity contribution in [1.29, 1.82) is 0 Å². The highest BCUT2D eigenvalue weighted by Crippen LogP contribution is 1.96. The summed E-state index contributed by atoms with van der Waals surface area (Å²) in [4.78, 5) is 17.5. The maximum Gasteiger partial charge on any atom is 0.234 e. The average molecular weight is 198 g/mol. The van der Waals surface area contributed by atoms with Gasteiger partial charge in [-0.2, -0.15) is 0 Å². The number of carbonyl (C=O) groups is 1. The van der Waals surface area contributed by atoms with Crippen molar-refractivity contribution < 1.29 is 4.79 Å². The zero-order valence-corrected chi connectivity index (χ0v) is 8.87. The lowest BCUT2D eigenvalue weighted by Gasteiger charge is -2.09. The lowest BCUT2D eigenvalue weighted by Crippen LogP contribution is -2.40. The maximum absolute atomic E-state index is 10.8. The second-order valence-electron chi connectivity index (χ2n) is 2.52. The van der Waals surface area contributed by atoms with Gasteiger partial charge < -0.3 is 16.0 Å². The van der Waals surface area contributed by atoms with Gasteiger partial charge in [-0.1, -0.05) is 13.8 Å². The minimum absolute atomic E-state index is 0.328. The number of nitrogens with two attached hydrogens (primary N) is 1. The van der Waals surface area contributed by atoms with Crippen LogP contribution in [-0.2, 0) is 11.2 Å². The second kappa shape index (κ2) is 7.08. The molecule has 1 aromatic heterocycles. The van der Waals surface area contributed by atoms with Gasteiger partial charge in [0.15, 0.2) is 0 Å². The monoisotopic (exact) mass is 198 g/mol. The van der Waals surface area contributed by atoms with Gasteiger partial charge in [0.25, 0.3) is 0 Å². The van der Waals surface area contributed by atoms with Gasteiger partial charge in [0.05, 0.1) is 12.4 Å². The van der Waals surface area contributed by atoms with Crippen molar-refractivity contribution in [2.45, 2.75) is 26.3 Å². The molecule has 0 fully saturated rings. The zero-order valence-electron chi connectivity index (χ0n) is 8.87. The van der Waals surface area contributed by atoms with Crippen LogP contribution in [-0.4, -0.2) is 29.0 Å². The lowest BCUT2D eigenvalue weighted by molar-refractivity contribution is -0.119. The molecule has 5 heteroatoms. The fraction of sp³-hybridized carbons (Fsp3) is 0.556. The Kier molecular flexibility index (Phi) is 6.39. The topological polar surface area (TPSA) is 83.8 Å². The summed E-state index contributed by atoms with van der Waals surface area (Å²) < 4.78 is 0. The summed E-state index contributed by atoms with van der Waals surface area (Å²) in [5, 5.41) is 2.82. The van der Waals surface area contributed by atoms with E-state index in [1.165, 1.54) is 0 Å². The average Bonchev–Trinajstić information content (AvgIpc) is 2.69. The van der Waals surface area contributed by atoms with E-state index in [0.29, 0.717) is 6.42 Å². The van der Waals surface area contributed by atoms with Crippen molar-refractivity contribution in [3.05, 3.63) is 18.2 Å². The Bertz CT molecular complexity index is 245. The molecule has 0 spiro atoms. The summed E-state index contributed by atoms with van der Waals surface area (Å²) in [7, 11) is 1.70. The van der Waals surface area contributed by atoms with Crippen LogP contribution in [0.15, 0.2) is 12.5 Å². The molecule has 1 amide bonds. The number of primary amides is 1. The van der Waals surface area contributed by atoms with E-state index in [-0.39, 0.29) is 11.9 Å². The fourth-order valence-electron chi connectivity index (χ4n) is 0.961. The summed E-state index contributed by atoms with van der Waals surface area (Å²) in [6.07, 6.45) is 3.79. The molecule has 14 heavy (non-hydrogen) atoms. The second-order valence-corrected chi connectivity index (χ2v) is 2.52. The molecule has 0 aromatic carbocycles. The van der Waals surface area contributed by atoms with Crippen LogP contribution in [0.4, 0.5) is 0 Å². The number of aromatic nitrogens is 2. The Balaban J connectivity index is 0.000000791. The molecule has 0 bridgehead atoms. The van der Waals surface area contributed by atoms with Crippen LogP contribution >= 0.6 is 0 Å². The van der Waals surface area contributed by atoms with Crippen LogP contribution in [0.2, 0.25) is 0 Å². The van der Waals surface area contributed by atoms with Gasteiger partial charge in [-0.05, 0) is 7.05 Å². The van der Waals surface area contributed by atoms with Crippen molar-refractivity contribution in [3.8, 4) is 0 Å². The predicted molar refractivity (Wildman–Crippen MR) is 55.7 cm³/mol. The molecule has 0 aliphatic rings. The molecule has 0 saturated carbocycles. The van der Waals surface area contributed by atoms with Gasteiger partial charge >= 0.3 is 0 Å². The molecule has 1 aromatic rings. The first-order valence-electron chi connectivity index (χ1n) is 4.68. The Morgan fingerprint density at radius 2 is 2.36 bits per heavy atom. The normalized spacial score (nSPS) is 11.4. The molecular weight excluding hydrogens is 180 g/mol. The molecule has 5 nitrogen and oxygen atoms in total. The number of H-pyrrole nitrogens is 1. The van der Waals surface area contributed by atoms with E-state index >= 15 is 0 Å². The number of nitrogens with zero attached hydrogens (tertiary/aromatic N) is 1. The molecule has 0 aliphatic carbocycles. The lowest BCUT2D eigenvalue weighted by atomic mass is 10.1. The van der Waals surface area contributed by atoms with Crippen LogP contribution in [0.25, 0.3) is 0 Å². The zero-order chi connectivity index (χ0) is 11.0. The van der Waals surface area contributed by atoms with Crippen LogP contribution in [0.3, 0.4) is 0 Å². The van der Waals surface area contributed by atoms with Crippen LogP contribution < -0.4 is 11.1 Å². The third-order valence-electron chi connectivity index (χ3n) is 1.67. The number of hydrogen-bond acceptors (Lipinski definition) is 3. The van der Waals surface area contributed by atoms with E-state index in [9.17, 15) is 4.79 Å². The van der Waals surface area contributed by atoms with Crippen molar-refractivity contribution in [2.75, 3.05) is 7.05 Å². The quantitative estimate of drug-likeness (QED) is 0.639. The van der Waals surface area contributed by atoms with Gasteiger partial charge in [0, 0.05) is 18.3 Å². The van der Waals surface area contributed by atoms with Crippen molar-refractivity contribution >= 4 is 5.91 Å². The molecule has 1 atom stereocenters. The highest BCUT2D eigenvalue weighted by molar-refractivity contribution is 5.80. The number of imidazole rings is 1. The van der Waals surface area contributed by atoms with E-state index in [1.807, 2.05) is 13.8 Å². The summed E-state index contributed by atoms with van der Waals surface area (Å²) in [6.45, 7) is 4.00. The van der Waals surface area contributed by atoms with Crippen LogP contribution in [0, 0.1) is 0 Å². The van der Waals surface area contributed by atoms with Crippen LogP contribution in [0.1, 0.15) is 19.5 Å². The minimum Gasteiger partial charge on any atom is -0.368 e. The minimum atomic E-state index is -0.355. The van der Waals surface area contributed by atoms with Crippen molar-refractivity contribution in [2.24, 2.45) is 5.73 Å². The van der Waals surface area contributed by atoms with E-state index < -0.39 is 0 Å². The molecule has 1 heterocycles. The molecule has 0 saturated heterocycles. The molecule has 0 aliphatic heterocycles. The SMILES string of the molecule is CC.CNC(Cc1cnc[nH]1)C(N)=O. The molecule has 0 radical (unpaired) electrons. The number of hydrogen-bond donors (Lipinski definition) is 3. The molecule has 4 N–H and O–H groups in total. The number of nitrogens with one attached hydrogen (secondary N) is 2. The van der Waals surface area contributed by atoms with E-state index in [4.69, 9.17) is 5.73 Å². The van der Waals surface area contributed by atoms with Gasteiger partial charge in [0.1, 0.15) is 0 Å². The summed E-state index contributed by atoms with van der Waals surface area (Å²) in [5.41, 5.74) is 6.02. The van der Waals surface area contributed by atoms with Crippen molar-refractivity contribution in [3.63, 3.8) is 0 Å².